The summed E-state index contributed by atoms with van der Waals surface area (Å²) in [6.07, 6.45) is 7.43. The van der Waals surface area contributed by atoms with Gasteiger partial charge in [-0.2, -0.15) is 0 Å². The van der Waals surface area contributed by atoms with Gasteiger partial charge in [0.25, 0.3) is 0 Å². The number of amides is 1. The van der Waals surface area contributed by atoms with Gasteiger partial charge in [0, 0.05) is 77.6 Å². The Bertz CT molecular complexity index is 727. The van der Waals surface area contributed by atoms with Crippen molar-refractivity contribution in [3.05, 3.63) is 24.4 Å². The smallest absolute Gasteiger partial charge is 0.225 e. The molecule has 9 heteroatoms. The molecule has 2 saturated heterocycles. The summed E-state index contributed by atoms with van der Waals surface area (Å²) in [4.78, 5) is 28.1. The number of aromatic nitrogens is 1. The lowest BCUT2D eigenvalue weighted by atomic mass is 9.84. The molecule has 1 aromatic rings. The summed E-state index contributed by atoms with van der Waals surface area (Å²) in [5, 5.41) is 7.05. The zero-order valence-corrected chi connectivity index (χ0v) is 21.5. The van der Waals surface area contributed by atoms with Crippen molar-refractivity contribution < 1.29 is 4.79 Å². The minimum absolute atomic E-state index is 0. The topological polar surface area (TPSA) is 76.1 Å². The van der Waals surface area contributed by atoms with Crippen molar-refractivity contribution >= 4 is 41.7 Å². The lowest BCUT2D eigenvalue weighted by Gasteiger charge is -2.38. The van der Waals surface area contributed by atoms with Crippen molar-refractivity contribution in [2.45, 2.75) is 38.1 Å². The van der Waals surface area contributed by atoms with E-state index in [-0.39, 0.29) is 24.0 Å². The van der Waals surface area contributed by atoms with E-state index in [0.29, 0.717) is 17.9 Å². The molecule has 0 aromatic carbocycles. The first-order valence-electron chi connectivity index (χ1n) is 11.9. The van der Waals surface area contributed by atoms with Crippen molar-refractivity contribution in [3.63, 3.8) is 0 Å². The second kappa shape index (κ2) is 12.6. The number of piperidine rings is 1. The molecule has 3 fully saturated rings. The summed E-state index contributed by atoms with van der Waals surface area (Å²) in [5.41, 5.74) is 0. The Morgan fingerprint density at radius 2 is 1.84 bits per heavy atom. The third kappa shape index (κ3) is 6.69. The number of pyridine rings is 1. The highest BCUT2D eigenvalue weighted by Gasteiger charge is 2.31. The monoisotopic (exact) mass is 555 g/mol. The highest BCUT2D eigenvalue weighted by Crippen LogP contribution is 2.28. The highest BCUT2D eigenvalue weighted by molar-refractivity contribution is 14.0. The molecule has 1 aliphatic carbocycles. The van der Waals surface area contributed by atoms with Crippen LogP contribution >= 0.6 is 24.0 Å². The van der Waals surface area contributed by atoms with E-state index in [1.54, 1.807) is 0 Å². The van der Waals surface area contributed by atoms with Crippen LogP contribution in [0, 0.1) is 5.92 Å². The first-order chi connectivity index (χ1) is 15.2. The number of halogens is 1. The molecule has 1 saturated carbocycles. The summed E-state index contributed by atoms with van der Waals surface area (Å²) < 4.78 is 0. The number of piperazine rings is 1. The normalized spacial score (nSPS) is 21.0. The number of aliphatic imine (C=N–C) groups is 1. The predicted molar refractivity (Wildman–Crippen MR) is 140 cm³/mol. The van der Waals surface area contributed by atoms with Crippen molar-refractivity contribution in [3.8, 4) is 0 Å². The lowest BCUT2D eigenvalue weighted by Crippen LogP contribution is -2.53. The molecule has 0 spiro atoms. The van der Waals surface area contributed by atoms with Gasteiger partial charge in [-0.3, -0.25) is 14.7 Å². The Kier molecular flexibility index (Phi) is 9.83. The molecule has 4 rings (SSSR count). The fourth-order valence-corrected chi connectivity index (χ4v) is 4.62. The van der Waals surface area contributed by atoms with E-state index in [2.05, 4.69) is 41.4 Å². The van der Waals surface area contributed by atoms with Crippen LogP contribution in [-0.4, -0.2) is 92.1 Å². The van der Waals surface area contributed by atoms with Crippen molar-refractivity contribution in [1.82, 2.24) is 25.4 Å². The van der Waals surface area contributed by atoms with Gasteiger partial charge in [0.2, 0.25) is 5.91 Å². The standard InChI is InChI=1S/C23H37N7O.HI/c1-24-23(27-20-8-12-29(13-9-20)21-7-2-3-10-25-21)26-11-14-28-15-17-30(18-16-28)22(31)19-5-4-6-19;/h2-3,7,10,19-20H,4-6,8-9,11-18H2,1H3,(H2,24,26,27);1H. The largest absolute Gasteiger partial charge is 0.356 e. The van der Waals surface area contributed by atoms with E-state index < -0.39 is 0 Å². The minimum Gasteiger partial charge on any atom is -0.356 e. The van der Waals surface area contributed by atoms with Crippen molar-refractivity contribution in [2.24, 2.45) is 10.9 Å². The third-order valence-corrected chi connectivity index (χ3v) is 6.89. The average Bonchev–Trinajstić information content (AvgIpc) is 2.78. The number of hydrogen-bond donors (Lipinski definition) is 2. The third-order valence-electron chi connectivity index (χ3n) is 6.89. The van der Waals surface area contributed by atoms with E-state index in [0.717, 1.165) is 89.8 Å². The second-order valence-electron chi connectivity index (χ2n) is 8.89. The average molecular weight is 556 g/mol. The fraction of sp³-hybridized carbons (Fsp3) is 0.696. The van der Waals surface area contributed by atoms with E-state index >= 15 is 0 Å². The first-order valence-corrected chi connectivity index (χ1v) is 11.9. The maximum atomic E-state index is 12.4. The Labute approximate surface area is 209 Å². The molecule has 32 heavy (non-hydrogen) atoms. The predicted octanol–water partition coefficient (Wildman–Crippen LogP) is 1.78. The zero-order chi connectivity index (χ0) is 21.5. The number of anilines is 1. The van der Waals surface area contributed by atoms with Crippen LogP contribution < -0.4 is 15.5 Å². The maximum absolute atomic E-state index is 12.4. The lowest BCUT2D eigenvalue weighted by molar-refractivity contribution is -0.139. The van der Waals surface area contributed by atoms with Gasteiger partial charge in [0.15, 0.2) is 5.96 Å². The quantitative estimate of drug-likeness (QED) is 0.317. The molecule has 2 N–H and O–H groups in total. The molecule has 0 radical (unpaired) electrons. The highest BCUT2D eigenvalue weighted by atomic mass is 127. The Balaban J connectivity index is 0.00000289. The first kappa shape index (κ1) is 25.0. The summed E-state index contributed by atoms with van der Waals surface area (Å²) in [6, 6.07) is 6.52. The molecule has 0 atom stereocenters. The van der Waals surface area contributed by atoms with Gasteiger partial charge in [0.05, 0.1) is 0 Å². The van der Waals surface area contributed by atoms with Crippen LogP contribution in [0.3, 0.4) is 0 Å². The number of hydrogen-bond acceptors (Lipinski definition) is 5. The van der Waals surface area contributed by atoms with Crippen molar-refractivity contribution in [2.75, 3.05) is 64.3 Å². The van der Waals surface area contributed by atoms with Gasteiger partial charge in [-0.25, -0.2) is 4.98 Å². The Morgan fingerprint density at radius 3 is 2.44 bits per heavy atom. The second-order valence-corrected chi connectivity index (χ2v) is 8.89. The number of carbonyl (C=O) groups excluding carboxylic acids is 1. The Hall–Kier alpha value is -1.62. The molecule has 0 bridgehead atoms. The summed E-state index contributed by atoms with van der Waals surface area (Å²) in [5.74, 6) is 2.66. The van der Waals surface area contributed by atoms with Gasteiger partial charge in [-0.1, -0.05) is 12.5 Å². The van der Waals surface area contributed by atoms with Crippen LogP contribution in [0.25, 0.3) is 0 Å². The summed E-state index contributed by atoms with van der Waals surface area (Å²) in [7, 11) is 1.84. The number of rotatable bonds is 6. The molecular formula is C23H38IN7O. The van der Waals surface area contributed by atoms with Gasteiger partial charge >= 0.3 is 0 Å². The number of guanidine groups is 1. The van der Waals surface area contributed by atoms with Gasteiger partial charge < -0.3 is 20.4 Å². The minimum atomic E-state index is 0. The van der Waals surface area contributed by atoms with Crippen molar-refractivity contribution in [1.29, 1.82) is 0 Å². The van der Waals surface area contributed by atoms with Gasteiger partial charge in [-0.05, 0) is 37.8 Å². The van der Waals surface area contributed by atoms with Crippen LogP contribution in [0.1, 0.15) is 32.1 Å². The van der Waals surface area contributed by atoms with Crippen LogP contribution in [0.4, 0.5) is 5.82 Å². The molecule has 1 amide bonds. The molecule has 3 aliphatic rings. The van der Waals surface area contributed by atoms with Crippen LogP contribution in [0.5, 0.6) is 0 Å². The van der Waals surface area contributed by atoms with E-state index in [1.165, 1.54) is 6.42 Å². The molecular weight excluding hydrogens is 517 g/mol. The van der Waals surface area contributed by atoms with Crippen LogP contribution in [-0.2, 0) is 4.79 Å². The zero-order valence-electron chi connectivity index (χ0n) is 19.2. The molecule has 1 aromatic heterocycles. The number of nitrogens with one attached hydrogen (secondary N) is 2. The maximum Gasteiger partial charge on any atom is 0.225 e. The summed E-state index contributed by atoms with van der Waals surface area (Å²) in [6.45, 7) is 7.54. The number of carbonyl (C=O) groups is 1. The van der Waals surface area contributed by atoms with Gasteiger partial charge in [-0.15, -0.1) is 24.0 Å². The van der Waals surface area contributed by atoms with E-state index in [9.17, 15) is 4.79 Å². The van der Waals surface area contributed by atoms with E-state index in [1.807, 2.05) is 25.4 Å². The molecule has 2 aliphatic heterocycles. The molecule has 8 nitrogen and oxygen atoms in total. The summed E-state index contributed by atoms with van der Waals surface area (Å²) >= 11 is 0. The molecule has 178 valence electrons. The van der Waals surface area contributed by atoms with Crippen LogP contribution in [0.15, 0.2) is 29.4 Å². The SMILES string of the molecule is CN=C(NCCN1CCN(C(=O)C2CCC2)CC1)NC1CCN(c2ccccn2)CC1.I. The molecule has 0 unspecified atom stereocenters. The molecule has 3 heterocycles. The van der Waals surface area contributed by atoms with Crippen LogP contribution in [0.2, 0.25) is 0 Å². The van der Waals surface area contributed by atoms with E-state index in [4.69, 9.17) is 0 Å². The van der Waals surface area contributed by atoms with Gasteiger partial charge in [0.1, 0.15) is 5.82 Å². The number of nitrogens with zero attached hydrogens (tertiary/aromatic N) is 5. The Morgan fingerprint density at radius 1 is 1.09 bits per heavy atom. The fourth-order valence-electron chi connectivity index (χ4n) is 4.62.